The number of aromatic nitrogens is 3. The summed E-state index contributed by atoms with van der Waals surface area (Å²) in [5, 5.41) is 7.08. The van der Waals surface area contributed by atoms with E-state index >= 15 is 0 Å². The van der Waals surface area contributed by atoms with E-state index in [4.69, 9.17) is 0 Å². The van der Waals surface area contributed by atoms with Crippen LogP contribution in [0.2, 0.25) is 0 Å². The summed E-state index contributed by atoms with van der Waals surface area (Å²) in [5.41, 5.74) is -0.698. The Kier molecular flexibility index (Phi) is 5.53. The van der Waals surface area contributed by atoms with Crippen molar-refractivity contribution in [2.24, 2.45) is 19.5 Å². The molecule has 0 aliphatic heterocycles. The van der Waals surface area contributed by atoms with Crippen molar-refractivity contribution >= 4 is 5.82 Å². The van der Waals surface area contributed by atoms with Crippen LogP contribution >= 0.6 is 0 Å². The second kappa shape index (κ2) is 6.72. The zero-order valence-electron chi connectivity index (χ0n) is 13.2. The van der Waals surface area contributed by atoms with Crippen molar-refractivity contribution in [2.75, 3.05) is 11.9 Å². The fraction of sp³-hybridized carbons (Fsp3) is 0.786. The van der Waals surface area contributed by atoms with Gasteiger partial charge in [0.1, 0.15) is 0 Å². The van der Waals surface area contributed by atoms with Crippen molar-refractivity contribution in [3.8, 4) is 0 Å². The number of hydrogen-bond donors (Lipinski definition) is 1. The lowest BCUT2D eigenvalue weighted by Crippen LogP contribution is -2.40. The summed E-state index contributed by atoms with van der Waals surface area (Å²) in [6.07, 6.45) is 4.71. The van der Waals surface area contributed by atoms with Gasteiger partial charge >= 0.3 is 5.69 Å². The van der Waals surface area contributed by atoms with E-state index in [9.17, 15) is 9.59 Å². The highest BCUT2D eigenvalue weighted by molar-refractivity contribution is 5.29. The van der Waals surface area contributed by atoms with Gasteiger partial charge in [0.25, 0.3) is 5.56 Å². The average Bonchev–Trinajstić information content (AvgIpc) is 2.39. The van der Waals surface area contributed by atoms with Crippen molar-refractivity contribution < 1.29 is 0 Å². The van der Waals surface area contributed by atoms with Gasteiger partial charge in [-0.1, -0.05) is 40.0 Å². The predicted molar refractivity (Wildman–Crippen MR) is 81.1 cm³/mol. The van der Waals surface area contributed by atoms with E-state index in [1.807, 2.05) is 0 Å². The van der Waals surface area contributed by atoms with E-state index in [1.165, 1.54) is 31.0 Å². The highest BCUT2D eigenvalue weighted by Gasteiger charge is 2.18. The van der Waals surface area contributed by atoms with Gasteiger partial charge in [0.05, 0.1) is 0 Å². The molecule has 0 saturated heterocycles. The molecule has 0 aromatic carbocycles. The van der Waals surface area contributed by atoms with Crippen LogP contribution in [0, 0.1) is 5.41 Å². The molecule has 1 heterocycles. The van der Waals surface area contributed by atoms with Crippen molar-refractivity contribution in [3.05, 3.63) is 20.8 Å². The van der Waals surface area contributed by atoms with Crippen molar-refractivity contribution in [1.82, 2.24) is 14.3 Å². The van der Waals surface area contributed by atoms with Gasteiger partial charge in [0.15, 0.2) is 0 Å². The summed E-state index contributed by atoms with van der Waals surface area (Å²) in [7, 11) is 3.00. The number of aryl methyl sites for hydroxylation is 1. The molecule has 0 spiro atoms. The van der Waals surface area contributed by atoms with Crippen molar-refractivity contribution in [3.63, 3.8) is 0 Å². The minimum atomic E-state index is -0.414. The topological polar surface area (TPSA) is 68.9 Å². The molecule has 1 aromatic heterocycles. The molecule has 0 unspecified atom stereocenters. The first-order valence-electron chi connectivity index (χ1n) is 7.16. The molecule has 6 heteroatoms. The van der Waals surface area contributed by atoms with Crippen molar-refractivity contribution in [2.45, 2.75) is 46.5 Å². The third-order valence-corrected chi connectivity index (χ3v) is 3.51. The molecule has 1 aromatic rings. The molecule has 1 rings (SSSR count). The number of nitrogens with zero attached hydrogens (tertiary/aromatic N) is 3. The van der Waals surface area contributed by atoms with E-state index in [1.54, 1.807) is 7.05 Å². The molecule has 6 nitrogen and oxygen atoms in total. The maximum atomic E-state index is 11.9. The Morgan fingerprint density at radius 2 is 1.85 bits per heavy atom. The summed E-state index contributed by atoms with van der Waals surface area (Å²) >= 11 is 0. The molecule has 0 aliphatic carbocycles. The molecule has 0 atom stereocenters. The van der Waals surface area contributed by atoms with Crippen LogP contribution in [-0.2, 0) is 14.1 Å². The summed E-state index contributed by atoms with van der Waals surface area (Å²) in [6, 6.07) is 0. The lowest BCUT2D eigenvalue weighted by Gasteiger charge is -2.25. The normalized spacial score (nSPS) is 11.7. The lowest BCUT2D eigenvalue weighted by atomic mass is 9.87. The molecule has 0 fully saturated rings. The molecule has 0 aliphatic rings. The molecule has 0 bridgehead atoms. The number of unbranched alkanes of at least 4 members (excludes halogenated alkanes) is 2. The molecular weight excluding hydrogens is 256 g/mol. The molecule has 0 saturated carbocycles. The van der Waals surface area contributed by atoms with Crippen LogP contribution in [0.15, 0.2) is 9.59 Å². The maximum absolute atomic E-state index is 11.9. The number of nitrogens with one attached hydrogen (secondary N) is 1. The SMILES string of the molecule is CCCCCC(C)(C)CNc1nn(C)c(=O)n(C)c1=O. The zero-order chi connectivity index (χ0) is 15.3. The van der Waals surface area contributed by atoms with Crippen LogP contribution < -0.4 is 16.6 Å². The molecule has 20 heavy (non-hydrogen) atoms. The summed E-state index contributed by atoms with van der Waals surface area (Å²) in [4.78, 5) is 23.5. The third kappa shape index (κ3) is 4.21. The smallest absolute Gasteiger partial charge is 0.346 e. The number of rotatable bonds is 7. The molecule has 0 radical (unpaired) electrons. The molecule has 1 N–H and O–H groups in total. The van der Waals surface area contributed by atoms with Gasteiger partial charge in [-0.25, -0.2) is 9.48 Å². The van der Waals surface area contributed by atoms with Gasteiger partial charge in [-0.2, -0.15) is 0 Å². The summed E-state index contributed by atoms with van der Waals surface area (Å²) < 4.78 is 2.24. The fourth-order valence-electron chi connectivity index (χ4n) is 2.07. The Labute approximate surface area is 119 Å². The lowest BCUT2D eigenvalue weighted by molar-refractivity contribution is 0.341. The highest BCUT2D eigenvalue weighted by atomic mass is 16.2. The Morgan fingerprint density at radius 3 is 2.45 bits per heavy atom. The zero-order valence-corrected chi connectivity index (χ0v) is 13.2. The monoisotopic (exact) mass is 282 g/mol. The molecule has 114 valence electrons. The van der Waals surface area contributed by atoms with Crippen LogP contribution in [0.5, 0.6) is 0 Å². The Balaban J connectivity index is 2.75. The average molecular weight is 282 g/mol. The molecular formula is C14H26N4O2. The van der Waals surface area contributed by atoms with Crippen LogP contribution in [0.4, 0.5) is 5.82 Å². The van der Waals surface area contributed by atoms with Crippen LogP contribution in [-0.4, -0.2) is 20.9 Å². The first kappa shape index (κ1) is 16.5. The first-order valence-corrected chi connectivity index (χ1v) is 7.16. The Morgan fingerprint density at radius 1 is 1.20 bits per heavy atom. The van der Waals surface area contributed by atoms with Gasteiger partial charge in [-0.3, -0.25) is 9.36 Å². The second-order valence-electron chi connectivity index (χ2n) is 6.09. The first-order chi connectivity index (χ1) is 9.28. The van der Waals surface area contributed by atoms with Crippen LogP contribution in [0.1, 0.15) is 46.5 Å². The van der Waals surface area contributed by atoms with Crippen molar-refractivity contribution in [1.29, 1.82) is 0 Å². The van der Waals surface area contributed by atoms with E-state index in [2.05, 4.69) is 31.2 Å². The van der Waals surface area contributed by atoms with E-state index in [0.29, 0.717) is 6.54 Å². The van der Waals surface area contributed by atoms with E-state index in [0.717, 1.165) is 11.0 Å². The number of hydrogen-bond acceptors (Lipinski definition) is 4. The third-order valence-electron chi connectivity index (χ3n) is 3.51. The Hall–Kier alpha value is -1.59. The summed E-state index contributed by atoms with van der Waals surface area (Å²) in [6.45, 7) is 7.19. The van der Waals surface area contributed by atoms with Gasteiger partial charge < -0.3 is 5.32 Å². The van der Waals surface area contributed by atoms with E-state index in [-0.39, 0.29) is 16.8 Å². The largest absolute Gasteiger partial charge is 0.364 e. The van der Waals surface area contributed by atoms with Gasteiger partial charge in [-0.15, -0.1) is 5.10 Å². The van der Waals surface area contributed by atoms with Gasteiger partial charge in [0, 0.05) is 20.6 Å². The van der Waals surface area contributed by atoms with Gasteiger partial charge in [0.2, 0.25) is 5.82 Å². The Bertz CT molecular complexity index is 557. The van der Waals surface area contributed by atoms with Crippen LogP contribution in [0.25, 0.3) is 0 Å². The fourth-order valence-corrected chi connectivity index (χ4v) is 2.07. The highest BCUT2D eigenvalue weighted by Crippen LogP contribution is 2.23. The second-order valence-corrected chi connectivity index (χ2v) is 6.09. The summed E-state index contributed by atoms with van der Waals surface area (Å²) in [5.74, 6) is 0.234. The predicted octanol–water partition coefficient (Wildman–Crippen LogP) is 1.50. The molecule has 0 amide bonds. The van der Waals surface area contributed by atoms with Crippen LogP contribution in [0.3, 0.4) is 0 Å². The van der Waals surface area contributed by atoms with E-state index < -0.39 is 5.69 Å². The number of anilines is 1. The quantitative estimate of drug-likeness (QED) is 0.769. The minimum Gasteiger partial charge on any atom is -0.364 e. The standard InChI is InChI=1S/C14H26N4O2/c1-6-7-8-9-14(2,3)10-15-11-12(19)17(4)13(20)18(5)16-11/h6-10H2,1-5H3,(H,15,16). The van der Waals surface area contributed by atoms with Gasteiger partial charge in [-0.05, 0) is 11.8 Å². The maximum Gasteiger partial charge on any atom is 0.346 e. The minimum absolute atomic E-state index is 0.0938.